The molecule has 0 bridgehead atoms. The largest absolute Gasteiger partial charge is 0.466 e. The van der Waals surface area contributed by atoms with E-state index in [4.69, 9.17) is 4.74 Å². The first-order valence-corrected chi connectivity index (χ1v) is 6.01. The Hall–Kier alpha value is -1.46. The number of ether oxygens (including phenoxy) is 1. The van der Waals surface area contributed by atoms with E-state index >= 15 is 0 Å². The molecule has 0 aliphatic carbocycles. The molecule has 0 N–H and O–H groups in total. The molecule has 0 aliphatic rings. The SMILES string of the molecule is CCOC(=O)CC[C@@H](CC(C)(C)[N+](=O)[O-])C(C)=O. The van der Waals surface area contributed by atoms with E-state index in [1.54, 1.807) is 6.92 Å². The fourth-order valence-electron chi connectivity index (χ4n) is 1.65. The first-order valence-electron chi connectivity index (χ1n) is 6.01. The van der Waals surface area contributed by atoms with Crippen molar-refractivity contribution in [2.24, 2.45) is 5.92 Å². The zero-order valence-corrected chi connectivity index (χ0v) is 11.4. The second-order valence-electron chi connectivity index (χ2n) is 4.92. The number of hydrogen-bond acceptors (Lipinski definition) is 5. The minimum absolute atomic E-state index is 0.117. The monoisotopic (exact) mass is 259 g/mol. The highest BCUT2D eigenvalue weighted by molar-refractivity contribution is 5.79. The minimum Gasteiger partial charge on any atom is -0.466 e. The molecule has 0 spiro atoms. The highest BCUT2D eigenvalue weighted by Crippen LogP contribution is 2.24. The zero-order valence-electron chi connectivity index (χ0n) is 11.4. The maximum atomic E-state index is 11.4. The molecule has 0 heterocycles. The van der Waals surface area contributed by atoms with Crippen molar-refractivity contribution in [3.05, 3.63) is 10.1 Å². The van der Waals surface area contributed by atoms with Crippen LogP contribution in [0.25, 0.3) is 0 Å². The Bertz CT molecular complexity index is 324. The molecule has 6 heteroatoms. The molecule has 18 heavy (non-hydrogen) atoms. The normalized spacial score (nSPS) is 12.9. The predicted octanol–water partition coefficient (Wildman–Crippen LogP) is 1.98. The summed E-state index contributed by atoms with van der Waals surface area (Å²) in [5.41, 5.74) is -1.16. The Balaban J connectivity index is 4.46. The summed E-state index contributed by atoms with van der Waals surface area (Å²) in [7, 11) is 0. The molecule has 104 valence electrons. The van der Waals surface area contributed by atoms with Gasteiger partial charge in [-0.25, -0.2) is 0 Å². The lowest BCUT2D eigenvalue weighted by molar-refractivity contribution is -0.562. The van der Waals surface area contributed by atoms with Gasteiger partial charge in [-0.3, -0.25) is 19.7 Å². The molecular formula is C12H21NO5. The number of carbonyl (C=O) groups excluding carboxylic acids is 2. The summed E-state index contributed by atoms with van der Waals surface area (Å²) in [6.45, 7) is 6.35. The molecule has 0 radical (unpaired) electrons. The molecule has 0 saturated carbocycles. The van der Waals surface area contributed by atoms with Crippen LogP contribution in [-0.2, 0) is 14.3 Å². The van der Waals surface area contributed by atoms with Crippen LogP contribution in [0.15, 0.2) is 0 Å². The van der Waals surface area contributed by atoms with Gasteiger partial charge in [0.2, 0.25) is 5.54 Å². The third kappa shape index (κ3) is 5.75. The zero-order chi connectivity index (χ0) is 14.3. The van der Waals surface area contributed by atoms with Crippen LogP contribution in [0.5, 0.6) is 0 Å². The Morgan fingerprint density at radius 2 is 1.94 bits per heavy atom. The Morgan fingerprint density at radius 3 is 2.33 bits per heavy atom. The van der Waals surface area contributed by atoms with E-state index in [1.807, 2.05) is 0 Å². The van der Waals surface area contributed by atoms with Crippen LogP contribution in [0.1, 0.15) is 47.0 Å². The lowest BCUT2D eigenvalue weighted by Gasteiger charge is -2.21. The lowest BCUT2D eigenvalue weighted by Crippen LogP contribution is -2.35. The van der Waals surface area contributed by atoms with E-state index in [0.29, 0.717) is 13.0 Å². The van der Waals surface area contributed by atoms with Gasteiger partial charge in [-0.1, -0.05) is 0 Å². The first-order chi connectivity index (χ1) is 8.20. The summed E-state index contributed by atoms with van der Waals surface area (Å²) >= 11 is 0. The van der Waals surface area contributed by atoms with Crippen molar-refractivity contribution in [3.8, 4) is 0 Å². The predicted molar refractivity (Wildman–Crippen MR) is 65.7 cm³/mol. The minimum atomic E-state index is -1.16. The second-order valence-corrected chi connectivity index (χ2v) is 4.92. The highest BCUT2D eigenvalue weighted by Gasteiger charge is 2.35. The molecule has 0 unspecified atom stereocenters. The van der Waals surface area contributed by atoms with Crippen molar-refractivity contribution in [3.63, 3.8) is 0 Å². The number of nitrogens with zero attached hydrogens (tertiary/aromatic N) is 1. The van der Waals surface area contributed by atoms with Crippen LogP contribution in [0, 0.1) is 16.0 Å². The second kappa shape index (κ2) is 7.08. The number of carbonyl (C=O) groups is 2. The molecule has 6 nitrogen and oxygen atoms in total. The average Bonchev–Trinajstić information content (AvgIpc) is 2.23. The van der Waals surface area contributed by atoms with Crippen LogP contribution in [0.4, 0.5) is 0 Å². The van der Waals surface area contributed by atoms with E-state index in [1.165, 1.54) is 20.8 Å². The fraction of sp³-hybridized carbons (Fsp3) is 0.833. The standard InChI is InChI=1S/C12H21NO5/c1-5-18-11(15)7-6-10(9(2)14)8-12(3,4)13(16)17/h10H,5-8H2,1-4H3/t10-/m0/s1. The lowest BCUT2D eigenvalue weighted by atomic mass is 9.86. The van der Waals surface area contributed by atoms with Crippen LogP contribution in [-0.4, -0.2) is 28.8 Å². The third-order valence-electron chi connectivity index (χ3n) is 2.82. The number of rotatable bonds is 8. The van der Waals surface area contributed by atoms with Crippen molar-refractivity contribution in [1.29, 1.82) is 0 Å². The van der Waals surface area contributed by atoms with Gasteiger partial charge in [-0.2, -0.15) is 0 Å². The Labute approximate surface area is 107 Å². The van der Waals surface area contributed by atoms with Gasteiger partial charge < -0.3 is 4.74 Å². The van der Waals surface area contributed by atoms with E-state index in [9.17, 15) is 19.7 Å². The number of esters is 1. The van der Waals surface area contributed by atoms with Crippen LogP contribution < -0.4 is 0 Å². The van der Waals surface area contributed by atoms with E-state index in [2.05, 4.69) is 0 Å². The van der Waals surface area contributed by atoms with Gasteiger partial charge in [0.25, 0.3) is 0 Å². The highest BCUT2D eigenvalue weighted by atomic mass is 16.6. The summed E-state index contributed by atoms with van der Waals surface area (Å²) in [5, 5.41) is 10.8. The van der Waals surface area contributed by atoms with Gasteiger partial charge in [-0.15, -0.1) is 0 Å². The number of nitro groups is 1. The topological polar surface area (TPSA) is 86.5 Å². The molecule has 0 aromatic carbocycles. The third-order valence-corrected chi connectivity index (χ3v) is 2.82. The van der Waals surface area contributed by atoms with Crippen molar-refractivity contribution < 1.29 is 19.2 Å². The van der Waals surface area contributed by atoms with Crippen molar-refractivity contribution >= 4 is 11.8 Å². The van der Waals surface area contributed by atoms with Crippen molar-refractivity contribution in [2.45, 2.75) is 52.5 Å². The summed E-state index contributed by atoms with van der Waals surface area (Å²) in [6.07, 6.45) is 0.548. The first kappa shape index (κ1) is 16.5. The number of Topliss-reactive ketones (excluding diaryl/α,β-unsaturated/α-hetero) is 1. The summed E-state index contributed by atoms with van der Waals surface area (Å²) in [5.74, 6) is -0.980. The van der Waals surface area contributed by atoms with Gasteiger partial charge in [0, 0.05) is 37.5 Å². The summed E-state index contributed by atoms with van der Waals surface area (Å²) in [4.78, 5) is 33.1. The molecule has 0 aliphatic heterocycles. The molecule has 0 rings (SSSR count). The van der Waals surface area contributed by atoms with Gasteiger partial charge in [0.1, 0.15) is 5.78 Å². The average molecular weight is 259 g/mol. The number of ketones is 1. The molecule has 0 saturated heterocycles. The molecule has 0 aromatic heterocycles. The smallest absolute Gasteiger partial charge is 0.305 e. The van der Waals surface area contributed by atoms with E-state index in [0.717, 1.165) is 0 Å². The van der Waals surface area contributed by atoms with Gasteiger partial charge in [0.15, 0.2) is 0 Å². The quantitative estimate of drug-likeness (QED) is 0.378. The Morgan fingerprint density at radius 1 is 1.39 bits per heavy atom. The van der Waals surface area contributed by atoms with Gasteiger partial charge in [-0.05, 0) is 20.3 Å². The van der Waals surface area contributed by atoms with Crippen molar-refractivity contribution in [2.75, 3.05) is 6.61 Å². The molecular weight excluding hydrogens is 238 g/mol. The molecule has 0 fully saturated rings. The molecule has 1 atom stereocenters. The van der Waals surface area contributed by atoms with E-state index < -0.39 is 16.4 Å². The summed E-state index contributed by atoms with van der Waals surface area (Å²) < 4.78 is 4.77. The van der Waals surface area contributed by atoms with Gasteiger partial charge in [0.05, 0.1) is 6.61 Å². The van der Waals surface area contributed by atoms with Crippen LogP contribution >= 0.6 is 0 Å². The fourth-order valence-corrected chi connectivity index (χ4v) is 1.65. The molecule has 0 aromatic rings. The van der Waals surface area contributed by atoms with E-state index in [-0.39, 0.29) is 24.6 Å². The van der Waals surface area contributed by atoms with Crippen LogP contribution in [0.3, 0.4) is 0 Å². The number of hydrogen-bond donors (Lipinski definition) is 0. The maximum absolute atomic E-state index is 11.4. The Kier molecular flexibility index (Phi) is 6.51. The van der Waals surface area contributed by atoms with Crippen molar-refractivity contribution in [1.82, 2.24) is 0 Å². The maximum Gasteiger partial charge on any atom is 0.305 e. The van der Waals surface area contributed by atoms with Gasteiger partial charge >= 0.3 is 5.97 Å². The molecule has 0 amide bonds. The van der Waals surface area contributed by atoms with Crippen LogP contribution in [0.2, 0.25) is 0 Å². The summed E-state index contributed by atoms with van der Waals surface area (Å²) in [6, 6.07) is 0.